The molecule has 0 N–H and O–H groups in total. The van der Waals surface area contributed by atoms with Crippen molar-refractivity contribution in [2.24, 2.45) is 0 Å². The molecule has 11 heavy (non-hydrogen) atoms. The minimum absolute atomic E-state index is 0.178. The Hall–Kier alpha value is -1.23. The number of hydrogen-bond donors (Lipinski definition) is 0. The quantitative estimate of drug-likeness (QED) is 0.554. The van der Waals surface area contributed by atoms with E-state index < -0.39 is 0 Å². The van der Waals surface area contributed by atoms with Gasteiger partial charge in [-0.05, 0) is 6.92 Å². The summed E-state index contributed by atoms with van der Waals surface area (Å²) in [4.78, 5) is 11.0. The maximum Gasteiger partial charge on any atom is 0.162 e. The van der Waals surface area contributed by atoms with Gasteiger partial charge in [0.05, 0.1) is 0 Å². The molecule has 0 atom stereocenters. The smallest absolute Gasteiger partial charge is 0.162 e. The maximum absolute atomic E-state index is 11.0. The second kappa shape index (κ2) is 3.25. The molecule has 0 radical (unpaired) electrons. The van der Waals surface area contributed by atoms with Gasteiger partial charge in [0.2, 0.25) is 0 Å². The molecular formula is C9H10O2. The molecule has 1 aliphatic carbocycles. The van der Waals surface area contributed by atoms with Gasteiger partial charge in [-0.3, -0.25) is 4.79 Å². The van der Waals surface area contributed by atoms with E-state index in [0.717, 1.165) is 11.3 Å². The van der Waals surface area contributed by atoms with Crippen molar-refractivity contribution in [1.82, 2.24) is 0 Å². The summed E-state index contributed by atoms with van der Waals surface area (Å²) in [5.41, 5.74) is 0.736. The number of carbonyl (C=O) groups is 1. The Balaban J connectivity index is 2.59. The SMILES string of the molecule is C#CCOC1=C(C)C(=O)CC1. The zero-order valence-electron chi connectivity index (χ0n) is 6.52. The lowest BCUT2D eigenvalue weighted by molar-refractivity contribution is -0.114. The van der Waals surface area contributed by atoms with E-state index in [0.29, 0.717) is 12.8 Å². The highest BCUT2D eigenvalue weighted by molar-refractivity contribution is 5.97. The fourth-order valence-corrected chi connectivity index (χ4v) is 1.07. The molecular weight excluding hydrogens is 140 g/mol. The van der Waals surface area contributed by atoms with Gasteiger partial charge in [0.1, 0.15) is 12.4 Å². The molecule has 0 amide bonds. The van der Waals surface area contributed by atoms with Crippen molar-refractivity contribution >= 4 is 5.78 Å². The van der Waals surface area contributed by atoms with E-state index in [1.54, 1.807) is 6.92 Å². The molecule has 0 fully saturated rings. The lowest BCUT2D eigenvalue weighted by Crippen LogP contribution is -1.93. The minimum Gasteiger partial charge on any atom is -0.485 e. The Labute approximate surface area is 66.2 Å². The normalized spacial score (nSPS) is 16.9. The summed E-state index contributed by atoms with van der Waals surface area (Å²) in [6, 6.07) is 0. The number of ketones is 1. The highest BCUT2D eigenvalue weighted by Crippen LogP contribution is 2.22. The van der Waals surface area contributed by atoms with Crippen molar-refractivity contribution in [2.75, 3.05) is 6.61 Å². The number of ether oxygens (including phenoxy) is 1. The molecule has 2 nitrogen and oxygen atoms in total. The number of rotatable bonds is 2. The lowest BCUT2D eigenvalue weighted by atomic mass is 10.2. The molecule has 0 saturated carbocycles. The summed E-state index contributed by atoms with van der Waals surface area (Å²) in [6.45, 7) is 2.04. The standard InChI is InChI=1S/C9H10O2/c1-3-6-11-9-5-4-8(10)7(9)2/h1H,4-6H2,2H3. The van der Waals surface area contributed by atoms with Gasteiger partial charge in [-0.25, -0.2) is 0 Å². The van der Waals surface area contributed by atoms with Crippen LogP contribution >= 0.6 is 0 Å². The Bertz CT molecular complexity index is 243. The van der Waals surface area contributed by atoms with E-state index in [1.807, 2.05) is 0 Å². The van der Waals surface area contributed by atoms with Gasteiger partial charge in [-0.2, -0.15) is 0 Å². The van der Waals surface area contributed by atoms with E-state index in [-0.39, 0.29) is 12.4 Å². The van der Waals surface area contributed by atoms with Gasteiger partial charge >= 0.3 is 0 Å². The largest absolute Gasteiger partial charge is 0.485 e. The van der Waals surface area contributed by atoms with Crippen LogP contribution in [0.2, 0.25) is 0 Å². The molecule has 58 valence electrons. The first-order chi connectivity index (χ1) is 5.25. The molecule has 0 aromatic rings. The summed E-state index contributed by atoms with van der Waals surface area (Å²) < 4.78 is 5.16. The first-order valence-electron chi connectivity index (χ1n) is 3.55. The van der Waals surface area contributed by atoms with Crippen LogP contribution in [0.15, 0.2) is 11.3 Å². The van der Waals surface area contributed by atoms with E-state index in [9.17, 15) is 4.79 Å². The predicted octanol–water partition coefficient (Wildman–Crippen LogP) is 1.27. The maximum atomic E-state index is 11.0. The second-order valence-electron chi connectivity index (χ2n) is 2.46. The molecule has 0 heterocycles. The number of Topliss-reactive ketones (excluding diaryl/α,β-unsaturated/α-hetero) is 1. The monoisotopic (exact) mass is 150 g/mol. The number of hydrogen-bond acceptors (Lipinski definition) is 2. The fourth-order valence-electron chi connectivity index (χ4n) is 1.07. The third kappa shape index (κ3) is 1.62. The Kier molecular flexibility index (Phi) is 2.32. The van der Waals surface area contributed by atoms with Crippen LogP contribution in [0.1, 0.15) is 19.8 Å². The van der Waals surface area contributed by atoms with Crippen molar-refractivity contribution in [1.29, 1.82) is 0 Å². The van der Waals surface area contributed by atoms with Gasteiger partial charge in [-0.1, -0.05) is 5.92 Å². The van der Waals surface area contributed by atoms with Crippen LogP contribution in [0.4, 0.5) is 0 Å². The molecule has 2 heteroatoms. The van der Waals surface area contributed by atoms with E-state index in [2.05, 4.69) is 5.92 Å². The molecule has 1 aliphatic rings. The molecule has 0 saturated heterocycles. The van der Waals surface area contributed by atoms with Crippen LogP contribution in [0, 0.1) is 12.3 Å². The number of carbonyl (C=O) groups excluding carboxylic acids is 1. The van der Waals surface area contributed by atoms with Crippen molar-refractivity contribution < 1.29 is 9.53 Å². The highest BCUT2D eigenvalue weighted by atomic mass is 16.5. The van der Waals surface area contributed by atoms with Gasteiger partial charge in [0.25, 0.3) is 0 Å². The molecule has 0 aromatic carbocycles. The Morgan fingerprint density at radius 3 is 2.82 bits per heavy atom. The number of allylic oxidation sites excluding steroid dienone is 2. The van der Waals surface area contributed by atoms with Crippen LogP contribution in [-0.4, -0.2) is 12.4 Å². The van der Waals surface area contributed by atoms with Crippen molar-refractivity contribution in [3.8, 4) is 12.3 Å². The molecule has 0 aromatic heterocycles. The van der Waals surface area contributed by atoms with E-state index in [1.165, 1.54) is 0 Å². The summed E-state index contributed by atoms with van der Waals surface area (Å²) >= 11 is 0. The average molecular weight is 150 g/mol. The summed E-state index contributed by atoms with van der Waals surface area (Å²) in [5, 5.41) is 0. The van der Waals surface area contributed by atoms with Gasteiger partial charge in [-0.15, -0.1) is 6.42 Å². The predicted molar refractivity (Wildman–Crippen MR) is 41.7 cm³/mol. The van der Waals surface area contributed by atoms with Gasteiger partial charge < -0.3 is 4.74 Å². The molecule has 0 unspecified atom stereocenters. The second-order valence-corrected chi connectivity index (χ2v) is 2.46. The van der Waals surface area contributed by atoms with Gasteiger partial charge in [0.15, 0.2) is 5.78 Å². The van der Waals surface area contributed by atoms with E-state index in [4.69, 9.17) is 11.2 Å². The van der Waals surface area contributed by atoms with Crippen LogP contribution in [0.3, 0.4) is 0 Å². The molecule has 0 spiro atoms. The first kappa shape index (κ1) is 7.87. The highest BCUT2D eigenvalue weighted by Gasteiger charge is 2.19. The minimum atomic E-state index is 0.178. The zero-order chi connectivity index (χ0) is 8.27. The van der Waals surface area contributed by atoms with Crippen molar-refractivity contribution in [3.05, 3.63) is 11.3 Å². The summed E-state index contributed by atoms with van der Waals surface area (Å²) in [5.74, 6) is 3.31. The van der Waals surface area contributed by atoms with Crippen LogP contribution < -0.4 is 0 Å². The fraction of sp³-hybridized carbons (Fsp3) is 0.444. The zero-order valence-corrected chi connectivity index (χ0v) is 6.52. The topological polar surface area (TPSA) is 26.3 Å². The molecule has 1 rings (SSSR count). The van der Waals surface area contributed by atoms with Crippen LogP contribution in [0.5, 0.6) is 0 Å². The third-order valence-electron chi connectivity index (χ3n) is 1.75. The Morgan fingerprint density at radius 1 is 1.64 bits per heavy atom. The number of terminal acetylenes is 1. The van der Waals surface area contributed by atoms with E-state index >= 15 is 0 Å². The summed E-state index contributed by atoms with van der Waals surface area (Å²) in [7, 11) is 0. The third-order valence-corrected chi connectivity index (χ3v) is 1.75. The lowest BCUT2D eigenvalue weighted by Gasteiger charge is -2.01. The average Bonchev–Trinajstić information content (AvgIpc) is 2.31. The Morgan fingerprint density at radius 2 is 2.36 bits per heavy atom. The summed E-state index contributed by atoms with van der Waals surface area (Å²) in [6.07, 6.45) is 6.29. The molecule has 0 aliphatic heterocycles. The van der Waals surface area contributed by atoms with Crippen LogP contribution in [0.25, 0.3) is 0 Å². The van der Waals surface area contributed by atoms with Crippen molar-refractivity contribution in [3.63, 3.8) is 0 Å². The van der Waals surface area contributed by atoms with Crippen molar-refractivity contribution in [2.45, 2.75) is 19.8 Å². The molecule has 0 bridgehead atoms. The van der Waals surface area contributed by atoms with Gasteiger partial charge in [0, 0.05) is 18.4 Å². The first-order valence-corrected chi connectivity index (χ1v) is 3.55. The van der Waals surface area contributed by atoms with Crippen LogP contribution in [-0.2, 0) is 9.53 Å².